The number of carbonyl (C=O) groups excluding carboxylic acids is 2. The molecule has 2 aromatic carbocycles. The molecule has 1 aliphatic rings. The Morgan fingerprint density at radius 3 is 2.27 bits per heavy atom. The SMILES string of the molecule is CN(C)C(=O)N1CCC(C(=O)OCC#Cc2ccc(Oc3ccccc3)cc2)CC1. The molecular weight excluding hydrogens is 380 g/mol. The zero-order valence-electron chi connectivity index (χ0n) is 17.3. The van der Waals surface area contributed by atoms with Gasteiger partial charge in [0.05, 0.1) is 5.92 Å². The lowest BCUT2D eigenvalue weighted by Gasteiger charge is -2.32. The summed E-state index contributed by atoms with van der Waals surface area (Å²) in [4.78, 5) is 27.5. The van der Waals surface area contributed by atoms with E-state index in [2.05, 4.69) is 11.8 Å². The van der Waals surface area contributed by atoms with Gasteiger partial charge in [-0.1, -0.05) is 30.0 Å². The molecule has 30 heavy (non-hydrogen) atoms. The highest BCUT2D eigenvalue weighted by Crippen LogP contribution is 2.21. The Hall–Kier alpha value is -3.46. The average Bonchev–Trinajstić information content (AvgIpc) is 2.78. The van der Waals surface area contributed by atoms with Gasteiger partial charge in [-0.05, 0) is 49.2 Å². The third-order valence-corrected chi connectivity index (χ3v) is 4.83. The van der Waals surface area contributed by atoms with Gasteiger partial charge in [0.25, 0.3) is 0 Å². The van der Waals surface area contributed by atoms with Gasteiger partial charge in [0.15, 0.2) is 6.61 Å². The number of likely N-dealkylation sites (tertiary alicyclic amines) is 1. The van der Waals surface area contributed by atoms with Crippen LogP contribution >= 0.6 is 0 Å². The van der Waals surface area contributed by atoms with Crippen LogP contribution in [0.1, 0.15) is 18.4 Å². The van der Waals surface area contributed by atoms with E-state index >= 15 is 0 Å². The number of hydrogen-bond donors (Lipinski definition) is 0. The second-order valence-corrected chi connectivity index (χ2v) is 7.29. The van der Waals surface area contributed by atoms with E-state index in [4.69, 9.17) is 9.47 Å². The second kappa shape index (κ2) is 10.4. The molecule has 3 rings (SSSR count). The fourth-order valence-corrected chi connectivity index (χ4v) is 3.18. The summed E-state index contributed by atoms with van der Waals surface area (Å²) in [6.45, 7) is 1.19. The summed E-state index contributed by atoms with van der Waals surface area (Å²) in [5.74, 6) is 6.96. The molecule has 6 heteroatoms. The van der Waals surface area contributed by atoms with Crippen molar-refractivity contribution in [1.29, 1.82) is 0 Å². The van der Waals surface area contributed by atoms with E-state index in [-0.39, 0.29) is 24.5 Å². The molecule has 0 N–H and O–H groups in total. The average molecular weight is 406 g/mol. The molecule has 6 nitrogen and oxygen atoms in total. The topological polar surface area (TPSA) is 59.1 Å². The highest BCUT2D eigenvalue weighted by atomic mass is 16.5. The summed E-state index contributed by atoms with van der Waals surface area (Å²) in [6.07, 6.45) is 1.24. The van der Waals surface area contributed by atoms with Crippen LogP contribution in [0.4, 0.5) is 4.79 Å². The van der Waals surface area contributed by atoms with Crippen LogP contribution in [0.15, 0.2) is 54.6 Å². The fourth-order valence-electron chi connectivity index (χ4n) is 3.18. The van der Waals surface area contributed by atoms with Crippen molar-refractivity contribution in [3.63, 3.8) is 0 Å². The molecule has 0 spiro atoms. The number of benzene rings is 2. The van der Waals surface area contributed by atoms with Crippen molar-refractivity contribution < 1.29 is 19.1 Å². The van der Waals surface area contributed by atoms with Crippen molar-refractivity contribution >= 4 is 12.0 Å². The van der Waals surface area contributed by atoms with Crippen LogP contribution in [0.25, 0.3) is 0 Å². The number of amides is 2. The van der Waals surface area contributed by atoms with E-state index in [1.54, 1.807) is 23.9 Å². The van der Waals surface area contributed by atoms with Gasteiger partial charge < -0.3 is 19.3 Å². The Morgan fingerprint density at radius 2 is 1.63 bits per heavy atom. The van der Waals surface area contributed by atoms with Gasteiger partial charge in [0.1, 0.15) is 11.5 Å². The van der Waals surface area contributed by atoms with Crippen molar-refractivity contribution in [1.82, 2.24) is 9.80 Å². The number of esters is 1. The largest absolute Gasteiger partial charge is 0.457 e. The molecule has 0 unspecified atom stereocenters. The minimum Gasteiger partial charge on any atom is -0.457 e. The molecule has 0 atom stereocenters. The molecule has 2 aromatic rings. The highest BCUT2D eigenvalue weighted by molar-refractivity contribution is 5.75. The third kappa shape index (κ3) is 6.02. The van der Waals surface area contributed by atoms with E-state index in [1.807, 2.05) is 54.6 Å². The van der Waals surface area contributed by atoms with Gasteiger partial charge in [0.2, 0.25) is 0 Å². The smallest absolute Gasteiger partial charge is 0.319 e. The Morgan fingerprint density at radius 1 is 1.00 bits per heavy atom. The monoisotopic (exact) mass is 406 g/mol. The number of ether oxygens (including phenoxy) is 2. The van der Waals surface area contributed by atoms with Gasteiger partial charge >= 0.3 is 12.0 Å². The molecule has 0 aliphatic carbocycles. The zero-order chi connectivity index (χ0) is 21.3. The number of carbonyl (C=O) groups is 2. The Balaban J connectivity index is 1.41. The summed E-state index contributed by atoms with van der Waals surface area (Å²) in [5, 5.41) is 0. The predicted molar refractivity (Wildman–Crippen MR) is 114 cm³/mol. The first kappa shape index (κ1) is 21.3. The van der Waals surface area contributed by atoms with Crippen molar-refractivity contribution in [2.24, 2.45) is 5.92 Å². The number of piperidine rings is 1. The first-order valence-corrected chi connectivity index (χ1v) is 9.97. The highest BCUT2D eigenvalue weighted by Gasteiger charge is 2.28. The summed E-state index contributed by atoms with van der Waals surface area (Å²) in [5.41, 5.74) is 0.821. The van der Waals surface area contributed by atoms with Crippen LogP contribution < -0.4 is 4.74 Å². The number of rotatable bonds is 4. The van der Waals surface area contributed by atoms with Crippen molar-refractivity contribution in [3.8, 4) is 23.3 Å². The van der Waals surface area contributed by atoms with Gasteiger partial charge in [0, 0.05) is 32.7 Å². The summed E-state index contributed by atoms with van der Waals surface area (Å²) < 4.78 is 11.0. The third-order valence-electron chi connectivity index (χ3n) is 4.83. The Kier molecular flexibility index (Phi) is 7.34. The number of para-hydroxylation sites is 1. The van der Waals surface area contributed by atoms with E-state index in [0.717, 1.165) is 17.1 Å². The van der Waals surface area contributed by atoms with Crippen LogP contribution in [0, 0.1) is 17.8 Å². The Labute approximate surface area is 177 Å². The minimum atomic E-state index is -0.243. The van der Waals surface area contributed by atoms with E-state index in [0.29, 0.717) is 25.9 Å². The van der Waals surface area contributed by atoms with E-state index < -0.39 is 0 Å². The summed E-state index contributed by atoms with van der Waals surface area (Å²) in [7, 11) is 3.45. The zero-order valence-corrected chi connectivity index (χ0v) is 17.3. The Bertz CT molecular complexity index is 906. The van der Waals surface area contributed by atoms with Gasteiger partial charge in [-0.3, -0.25) is 4.79 Å². The minimum absolute atomic E-state index is 0.0205. The quantitative estimate of drug-likeness (QED) is 0.573. The molecule has 0 bridgehead atoms. The van der Waals surface area contributed by atoms with Crippen molar-refractivity contribution in [2.45, 2.75) is 12.8 Å². The number of hydrogen-bond acceptors (Lipinski definition) is 4. The van der Waals surface area contributed by atoms with Gasteiger partial charge in [-0.15, -0.1) is 0 Å². The molecule has 156 valence electrons. The second-order valence-electron chi connectivity index (χ2n) is 7.29. The van der Waals surface area contributed by atoms with Crippen molar-refractivity contribution in [3.05, 3.63) is 60.2 Å². The molecular formula is C24H26N2O4. The molecule has 1 fully saturated rings. The maximum atomic E-state index is 12.2. The molecule has 1 aliphatic heterocycles. The predicted octanol–water partition coefficient (Wildman–Crippen LogP) is 3.77. The van der Waals surface area contributed by atoms with Crippen LogP contribution in [0.5, 0.6) is 11.5 Å². The molecule has 0 saturated carbocycles. The van der Waals surface area contributed by atoms with E-state index in [9.17, 15) is 9.59 Å². The van der Waals surface area contributed by atoms with Crippen LogP contribution in [-0.4, -0.2) is 55.6 Å². The maximum absolute atomic E-state index is 12.2. The maximum Gasteiger partial charge on any atom is 0.319 e. The summed E-state index contributed by atoms with van der Waals surface area (Å²) >= 11 is 0. The number of urea groups is 1. The van der Waals surface area contributed by atoms with Crippen LogP contribution in [0.2, 0.25) is 0 Å². The molecule has 0 aromatic heterocycles. The first-order chi connectivity index (χ1) is 14.5. The normalized spacial score (nSPS) is 13.7. The first-order valence-electron chi connectivity index (χ1n) is 9.97. The molecule has 1 saturated heterocycles. The van der Waals surface area contributed by atoms with Crippen molar-refractivity contribution in [2.75, 3.05) is 33.8 Å². The standard InChI is InChI=1S/C24H26N2O4/c1-25(2)24(28)26-16-14-20(15-17-26)23(27)29-18-6-7-19-10-12-22(13-11-19)30-21-8-4-3-5-9-21/h3-5,8-13,20H,14-18H2,1-2H3. The lowest BCUT2D eigenvalue weighted by Crippen LogP contribution is -2.45. The lowest BCUT2D eigenvalue weighted by molar-refractivity contribution is -0.148. The van der Waals surface area contributed by atoms with E-state index in [1.165, 1.54) is 0 Å². The molecule has 0 radical (unpaired) electrons. The molecule has 2 amide bonds. The number of nitrogens with zero attached hydrogens (tertiary/aromatic N) is 2. The fraction of sp³-hybridized carbons (Fsp3) is 0.333. The summed E-state index contributed by atoms with van der Waals surface area (Å²) in [6, 6.07) is 17.0. The lowest BCUT2D eigenvalue weighted by atomic mass is 9.97. The van der Waals surface area contributed by atoms with Crippen LogP contribution in [0.3, 0.4) is 0 Å². The van der Waals surface area contributed by atoms with Gasteiger partial charge in [-0.2, -0.15) is 0 Å². The van der Waals surface area contributed by atoms with Crippen LogP contribution in [-0.2, 0) is 9.53 Å². The molecule has 1 heterocycles. The van der Waals surface area contributed by atoms with Gasteiger partial charge in [-0.25, -0.2) is 4.79 Å².